The Balaban J connectivity index is 0.00000196. The monoisotopic (exact) mass is 230 g/mol. The number of aryl methyl sites for hydroxylation is 1. The van der Waals surface area contributed by atoms with Gasteiger partial charge in [0, 0.05) is 0 Å². The normalized spacial score (nSPS) is 14.1. The van der Waals surface area contributed by atoms with Gasteiger partial charge in [0.1, 0.15) is 0 Å². The summed E-state index contributed by atoms with van der Waals surface area (Å²) < 4.78 is 16.9. The van der Waals surface area contributed by atoms with Crippen LogP contribution < -0.4 is 0 Å². The van der Waals surface area contributed by atoms with Gasteiger partial charge in [-0.05, 0) is 32.4 Å². The zero-order valence-electron chi connectivity index (χ0n) is 9.32. The van der Waals surface area contributed by atoms with Crippen LogP contribution in [0.4, 0.5) is 0 Å². The zero-order chi connectivity index (χ0) is 10.6. The summed E-state index contributed by atoms with van der Waals surface area (Å²) in [5.74, 6) is 0. The van der Waals surface area contributed by atoms with E-state index in [1.54, 1.807) is 0 Å². The number of benzene rings is 1. The second kappa shape index (κ2) is 6.71. The van der Waals surface area contributed by atoms with Crippen LogP contribution >= 0.6 is 0 Å². The van der Waals surface area contributed by atoms with Crippen molar-refractivity contribution in [3.05, 3.63) is 29.8 Å². The van der Waals surface area contributed by atoms with Gasteiger partial charge in [0.2, 0.25) is 0 Å². The molecule has 0 heterocycles. The Bertz CT molecular complexity index is 308. The van der Waals surface area contributed by atoms with E-state index in [1.807, 2.05) is 45.0 Å². The molecule has 4 heteroatoms. The van der Waals surface area contributed by atoms with Crippen molar-refractivity contribution in [2.24, 2.45) is 0 Å². The van der Waals surface area contributed by atoms with Crippen LogP contribution in [-0.4, -0.2) is 15.8 Å². The second-order valence-corrected chi connectivity index (χ2v) is 4.50. The van der Waals surface area contributed by atoms with E-state index in [0.29, 0.717) is 0 Å². The van der Waals surface area contributed by atoms with E-state index in [-0.39, 0.29) is 11.6 Å². The molecule has 1 unspecified atom stereocenters. The highest BCUT2D eigenvalue weighted by Gasteiger charge is 2.07. The molecule has 0 amide bonds. The highest BCUT2D eigenvalue weighted by atomic mass is 32.2. The van der Waals surface area contributed by atoms with Crippen molar-refractivity contribution in [1.29, 1.82) is 0 Å². The first kappa shape index (κ1) is 14.3. The first-order valence-corrected chi connectivity index (χ1v) is 5.86. The van der Waals surface area contributed by atoms with Crippen LogP contribution in [0.3, 0.4) is 0 Å². The van der Waals surface area contributed by atoms with E-state index in [1.165, 1.54) is 0 Å². The van der Waals surface area contributed by atoms with Gasteiger partial charge >= 0.3 is 0 Å². The second-order valence-electron chi connectivity index (χ2n) is 3.36. The summed E-state index contributed by atoms with van der Waals surface area (Å²) in [7, 11) is 0. The molecule has 0 aromatic heterocycles. The Kier molecular flexibility index (Phi) is 6.40. The van der Waals surface area contributed by atoms with E-state index in [2.05, 4.69) is 0 Å². The molecular formula is C11H18O3S. The fourth-order valence-electron chi connectivity index (χ4n) is 0.922. The molecule has 15 heavy (non-hydrogen) atoms. The van der Waals surface area contributed by atoms with E-state index < -0.39 is 11.1 Å². The lowest BCUT2D eigenvalue weighted by atomic mass is 10.2. The highest BCUT2D eigenvalue weighted by Crippen LogP contribution is 2.11. The average Bonchev–Trinajstić information content (AvgIpc) is 2.18. The standard InChI is InChI=1S/C11H16O2S.H2O/c1-4-10(3)13-14(12)11-7-5-9(2)6-8-11;/h5-8,10H,4H2,1-3H3;1H2/t10-,14?;/m1./s1. The van der Waals surface area contributed by atoms with Crippen molar-refractivity contribution in [2.45, 2.75) is 38.2 Å². The third kappa shape index (κ3) is 4.55. The van der Waals surface area contributed by atoms with Crippen LogP contribution in [0.5, 0.6) is 0 Å². The number of hydrogen-bond acceptors (Lipinski definition) is 2. The Morgan fingerprint density at radius 2 is 1.87 bits per heavy atom. The molecule has 0 spiro atoms. The summed E-state index contributed by atoms with van der Waals surface area (Å²) >= 11 is -1.32. The van der Waals surface area contributed by atoms with Crippen LogP contribution in [-0.2, 0) is 15.3 Å². The maximum absolute atomic E-state index is 11.6. The van der Waals surface area contributed by atoms with Crippen molar-refractivity contribution in [3.63, 3.8) is 0 Å². The van der Waals surface area contributed by atoms with E-state index in [0.717, 1.165) is 16.9 Å². The minimum absolute atomic E-state index is 0. The largest absolute Gasteiger partial charge is 0.412 e. The quantitative estimate of drug-likeness (QED) is 0.794. The van der Waals surface area contributed by atoms with Gasteiger partial charge in [0.15, 0.2) is 11.1 Å². The van der Waals surface area contributed by atoms with Crippen molar-refractivity contribution in [1.82, 2.24) is 0 Å². The molecule has 86 valence electrons. The molecular weight excluding hydrogens is 212 g/mol. The Labute approximate surface area is 93.4 Å². The lowest BCUT2D eigenvalue weighted by molar-refractivity contribution is 0.242. The van der Waals surface area contributed by atoms with Gasteiger partial charge in [-0.3, -0.25) is 4.18 Å². The van der Waals surface area contributed by atoms with Crippen molar-refractivity contribution < 1.29 is 13.9 Å². The predicted molar refractivity (Wildman–Crippen MR) is 62.0 cm³/mol. The summed E-state index contributed by atoms with van der Waals surface area (Å²) in [6.07, 6.45) is 0.912. The molecule has 0 aliphatic heterocycles. The Hall–Kier alpha value is -0.710. The summed E-state index contributed by atoms with van der Waals surface area (Å²) in [6, 6.07) is 7.56. The minimum Gasteiger partial charge on any atom is -0.412 e. The molecule has 0 radical (unpaired) electrons. The Morgan fingerprint density at radius 1 is 1.33 bits per heavy atom. The first-order chi connectivity index (χ1) is 6.63. The van der Waals surface area contributed by atoms with Gasteiger partial charge in [0.05, 0.1) is 11.0 Å². The zero-order valence-corrected chi connectivity index (χ0v) is 10.1. The van der Waals surface area contributed by atoms with Gasteiger partial charge in [-0.25, -0.2) is 4.21 Å². The van der Waals surface area contributed by atoms with Gasteiger partial charge in [-0.1, -0.05) is 24.6 Å². The van der Waals surface area contributed by atoms with Crippen LogP contribution in [0.25, 0.3) is 0 Å². The van der Waals surface area contributed by atoms with Gasteiger partial charge in [0.25, 0.3) is 0 Å². The smallest absolute Gasteiger partial charge is 0.189 e. The van der Waals surface area contributed by atoms with Crippen LogP contribution in [0, 0.1) is 6.92 Å². The molecule has 0 fully saturated rings. The van der Waals surface area contributed by atoms with Gasteiger partial charge in [-0.15, -0.1) is 0 Å². The summed E-state index contributed by atoms with van der Waals surface area (Å²) in [6.45, 7) is 5.94. The topological polar surface area (TPSA) is 57.8 Å². The maximum atomic E-state index is 11.6. The molecule has 0 saturated carbocycles. The third-order valence-corrected chi connectivity index (χ3v) is 3.20. The van der Waals surface area contributed by atoms with Crippen molar-refractivity contribution in [3.8, 4) is 0 Å². The first-order valence-electron chi connectivity index (χ1n) is 4.79. The fraction of sp³-hybridized carbons (Fsp3) is 0.455. The molecule has 1 aromatic rings. The van der Waals surface area contributed by atoms with Crippen LogP contribution in [0.1, 0.15) is 25.8 Å². The third-order valence-electron chi connectivity index (χ3n) is 2.04. The highest BCUT2D eigenvalue weighted by molar-refractivity contribution is 7.80. The van der Waals surface area contributed by atoms with Gasteiger partial charge < -0.3 is 5.48 Å². The average molecular weight is 230 g/mol. The molecule has 3 nitrogen and oxygen atoms in total. The molecule has 2 atom stereocenters. The van der Waals surface area contributed by atoms with Crippen molar-refractivity contribution >= 4 is 11.1 Å². The molecule has 0 aliphatic carbocycles. The molecule has 0 bridgehead atoms. The lowest BCUT2D eigenvalue weighted by Crippen LogP contribution is -2.09. The molecule has 1 rings (SSSR count). The van der Waals surface area contributed by atoms with Crippen molar-refractivity contribution in [2.75, 3.05) is 0 Å². The predicted octanol–water partition coefficient (Wildman–Crippen LogP) is 2.01. The summed E-state index contributed by atoms with van der Waals surface area (Å²) in [5, 5.41) is 0. The van der Waals surface area contributed by atoms with Crippen LogP contribution in [0.15, 0.2) is 29.2 Å². The summed E-state index contributed by atoms with van der Waals surface area (Å²) in [4.78, 5) is 0.732. The van der Waals surface area contributed by atoms with E-state index >= 15 is 0 Å². The van der Waals surface area contributed by atoms with E-state index in [9.17, 15) is 4.21 Å². The Morgan fingerprint density at radius 3 is 2.33 bits per heavy atom. The summed E-state index contributed by atoms with van der Waals surface area (Å²) in [5.41, 5.74) is 1.16. The minimum atomic E-state index is -1.32. The van der Waals surface area contributed by atoms with Gasteiger partial charge in [-0.2, -0.15) is 0 Å². The number of hydrogen-bond donors (Lipinski definition) is 0. The molecule has 0 saturated heterocycles. The molecule has 0 aliphatic rings. The SMILES string of the molecule is CC[C@@H](C)OS(=O)c1ccc(C)cc1.O. The molecule has 1 aromatic carbocycles. The lowest BCUT2D eigenvalue weighted by Gasteiger charge is -2.08. The maximum Gasteiger partial charge on any atom is 0.189 e. The van der Waals surface area contributed by atoms with E-state index in [4.69, 9.17) is 4.18 Å². The fourth-order valence-corrected chi connectivity index (χ4v) is 1.83. The molecule has 2 N–H and O–H groups in total. The van der Waals surface area contributed by atoms with Crippen LogP contribution in [0.2, 0.25) is 0 Å². The number of rotatable bonds is 4.